The van der Waals surface area contributed by atoms with Crippen LogP contribution in [0, 0.1) is 12.8 Å². The summed E-state index contributed by atoms with van der Waals surface area (Å²) < 4.78 is 36.7. The van der Waals surface area contributed by atoms with Gasteiger partial charge in [0.2, 0.25) is 5.95 Å². The van der Waals surface area contributed by atoms with Gasteiger partial charge in [-0.1, -0.05) is 0 Å². The second kappa shape index (κ2) is 7.52. The number of ether oxygens (including phenoxy) is 1. The van der Waals surface area contributed by atoms with Crippen LogP contribution in [0.4, 0.5) is 14.7 Å². The number of nitrogens with one attached hydrogen (secondary N) is 1. The first-order valence-corrected chi connectivity index (χ1v) is 10.3. The largest absolute Gasteiger partial charge is 0.383 e. The number of aryl methyl sites for hydroxylation is 1. The minimum atomic E-state index is -2.73. The Kier molecular flexibility index (Phi) is 4.81. The quantitative estimate of drug-likeness (QED) is 0.463. The molecule has 162 valence electrons. The van der Waals surface area contributed by atoms with Crippen molar-refractivity contribution in [1.29, 1.82) is 0 Å². The van der Waals surface area contributed by atoms with E-state index in [9.17, 15) is 8.78 Å². The summed E-state index contributed by atoms with van der Waals surface area (Å²) >= 11 is 0. The van der Waals surface area contributed by atoms with Gasteiger partial charge < -0.3 is 14.6 Å². The third-order valence-electron chi connectivity index (χ3n) is 5.65. The van der Waals surface area contributed by atoms with Crippen molar-refractivity contribution < 1.29 is 13.5 Å². The first-order valence-electron chi connectivity index (χ1n) is 10.3. The van der Waals surface area contributed by atoms with Gasteiger partial charge in [0.1, 0.15) is 11.3 Å². The van der Waals surface area contributed by atoms with E-state index in [0.29, 0.717) is 26.0 Å². The highest BCUT2D eigenvalue weighted by molar-refractivity contribution is 5.82. The predicted octanol–water partition coefficient (Wildman–Crippen LogP) is 3.55. The van der Waals surface area contributed by atoms with Crippen LogP contribution in [-0.2, 0) is 11.3 Å². The van der Waals surface area contributed by atoms with E-state index in [0.717, 1.165) is 33.8 Å². The lowest BCUT2D eigenvalue weighted by atomic mass is 10.2. The summed E-state index contributed by atoms with van der Waals surface area (Å²) in [6.45, 7) is 2.71. The van der Waals surface area contributed by atoms with Crippen LogP contribution >= 0.6 is 0 Å². The lowest BCUT2D eigenvalue weighted by Crippen LogP contribution is -2.30. The van der Waals surface area contributed by atoms with Crippen LogP contribution in [0.25, 0.3) is 27.9 Å². The van der Waals surface area contributed by atoms with Crippen LogP contribution in [0.5, 0.6) is 0 Å². The Morgan fingerprint density at radius 3 is 2.84 bits per heavy atom. The molecule has 0 aliphatic heterocycles. The summed E-state index contributed by atoms with van der Waals surface area (Å²) in [4.78, 5) is 13.6. The fourth-order valence-electron chi connectivity index (χ4n) is 3.76. The van der Waals surface area contributed by atoms with Crippen LogP contribution in [0.2, 0.25) is 0 Å². The summed E-state index contributed by atoms with van der Waals surface area (Å²) in [6, 6.07) is 5.74. The topological polar surface area (TPSA) is 82.2 Å². The molecule has 5 rings (SSSR count). The molecule has 4 heterocycles. The van der Waals surface area contributed by atoms with E-state index >= 15 is 0 Å². The first-order chi connectivity index (χ1) is 15.0. The standard InChI is InChI=1S/C21H23F2N7O/c1-13-26-17-6-5-16(27-19(17)29(13)9-10-31-2)15-7-8-30-18(15)11-24-20(28-30)25-12-21(22,23)14-3-4-14/h5-8,11,14H,3-4,9-10,12H2,1-2H3,(H,25,28). The molecule has 0 atom stereocenters. The number of hydrogen-bond donors (Lipinski definition) is 1. The van der Waals surface area contributed by atoms with E-state index in [-0.39, 0.29) is 5.95 Å². The Morgan fingerprint density at radius 2 is 2.06 bits per heavy atom. The molecular weight excluding hydrogens is 404 g/mol. The van der Waals surface area contributed by atoms with E-state index < -0.39 is 18.4 Å². The number of hydrogen-bond acceptors (Lipinski definition) is 6. The van der Waals surface area contributed by atoms with Gasteiger partial charge in [-0.05, 0) is 38.0 Å². The van der Waals surface area contributed by atoms with Gasteiger partial charge in [0.15, 0.2) is 5.65 Å². The van der Waals surface area contributed by atoms with E-state index in [1.54, 1.807) is 24.0 Å². The maximum Gasteiger partial charge on any atom is 0.267 e. The highest BCUT2D eigenvalue weighted by atomic mass is 19.3. The second-order valence-electron chi connectivity index (χ2n) is 7.87. The number of imidazole rings is 1. The molecule has 0 spiro atoms. The van der Waals surface area contributed by atoms with Gasteiger partial charge in [-0.3, -0.25) is 0 Å². The highest BCUT2D eigenvalue weighted by Gasteiger charge is 2.46. The van der Waals surface area contributed by atoms with Crippen LogP contribution in [0.3, 0.4) is 0 Å². The van der Waals surface area contributed by atoms with Gasteiger partial charge >= 0.3 is 0 Å². The summed E-state index contributed by atoms with van der Waals surface area (Å²) in [5, 5.41) is 7.00. The van der Waals surface area contributed by atoms with Crippen LogP contribution in [0.1, 0.15) is 18.7 Å². The molecule has 1 aliphatic rings. The number of halogens is 2. The molecule has 8 nitrogen and oxygen atoms in total. The number of rotatable bonds is 8. The molecule has 1 saturated carbocycles. The summed E-state index contributed by atoms with van der Waals surface area (Å²) in [6.07, 6.45) is 4.56. The van der Waals surface area contributed by atoms with Gasteiger partial charge in [0.25, 0.3) is 5.92 Å². The number of fused-ring (bicyclic) bond motifs is 2. The van der Waals surface area contributed by atoms with Crippen molar-refractivity contribution in [1.82, 2.24) is 29.1 Å². The number of methoxy groups -OCH3 is 1. The average Bonchev–Trinajstić information content (AvgIpc) is 3.47. The Morgan fingerprint density at radius 1 is 1.23 bits per heavy atom. The molecule has 0 radical (unpaired) electrons. The number of anilines is 1. The molecule has 1 N–H and O–H groups in total. The van der Waals surface area contributed by atoms with E-state index in [1.165, 1.54) is 0 Å². The highest BCUT2D eigenvalue weighted by Crippen LogP contribution is 2.43. The Hall–Kier alpha value is -3.14. The lowest BCUT2D eigenvalue weighted by molar-refractivity contribution is -0.00833. The number of aromatic nitrogens is 6. The maximum atomic E-state index is 13.9. The molecular formula is C21H23F2N7O. The zero-order valence-electron chi connectivity index (χ0n) is 17.3. The van der Waals surface area contributed by atoms with Crippen molar-refractivity contribution in [2.24, 2.45) is 5.92 Å². The fourth-order valence-corrected chi connectivity index (χ4v) is 3.76. The van der Waals surface area contributed by atoms with Crippen molar-refractivity contribution in [3.8, 4) is 11.3 Å². The first kappa shape index (κ1) is 19.8. The number of alkyl halides is 2. The van der Waals surface area contributed by atoms with Gasteiger partial charge in [-0.2, -0.15) is 0 Å². The molecule has 1 aliphatic carbocycles. The summed E-state index contributed by atoms with van der Waals surface area (Å²) in [5.74, 6) is -2.21. The third-order valence-corrected chi connectivity index (χ3v) is 5.65. The van der Waals surface area contributed by atoms with E-state index in [2.05, 4.69) is 20.4 Å². The molecule has 0 amide bonds. The van der Waals surface area contributed by atoms with Crippen LogP contribution in [0.15, 0.2) is 30.6 Å². The predicted molar refractivity (Wildman–Crippen MR) is 112 cm³/mol. The average molecular weight is 427 g/mol. The SMILES string of the molecule is COCCn1c(C)nc2ccc(-c3ccn4nc(NCC(F)(F)C5CC5)ncc34)nc21. The number of nitrogens with zero attached hydrogens (tertiary/aromatic N) is 6. The minimum Gasteiger partial charge on any atom is -0.383 e. The Labute approximate surface area is 177 Å². The smallest absolute Gasteiger partial charge is 0.267 e. The Balaban J connectivity index is 1.44. The normalized spacial score (nSPS) is 14.6. The second-order valence-corrected chi connectivity index (χ2v) is 7.87. The molecule has 0 aromatic carbocycles. The summed E-state index contributed by atoms with van der Waals surface area (Å²) in [5.41, 5.74) is 3.96. The van der Waals surface area contributed by atoms with E-state index in [4.69, 9.17) is 9.72 Å². The zero-order chi connectivity index (χ0) is 21.6. The molecule has 10 heteroatoms. The van der Waals surface area contributed by atoms with E-state index in [1.807, 2.05) is 29.7 Å². The molecule has 4 aromatic heterocycles. The lowest BCUT2D eigenvalue weighted by Gasteiger charge is -2.15. The zero-order valence-corrected chi connectivity index (χ0v) is 17.3. The maximum absolute atomic E-state index is 13.9. The minimum absolute atomic E-state index is 0.173. The van der Waals surface area contributed by atoms with Crippen molar-refractivity contribution in [2.75, 3.05) is 25.6 Å². The molecule has 0 bridgehead atoms. The van der Waals surface area contributed by atoms with Gasteiger partial charge in [0.05, 0.1) is 30.6 Å². The molecule has 31 heavy (non-hydrogen) atoms. The monoisotopic (exact) mass is 427 g/mol. The van der Waals surface area contributed by atoms with Crippen molar-refractivity contribution in [3.05, 3.63) is 36.4 Å². The third kappa shape index (κ3) is 3.71. The van der Waals surface area contributed by atoms with Crippen LogP contribution in [-0.4, -0.2) is 55.3 Å². The molecule has 4 aromatic rings. The van der Waals surface area contributed by atoms with Crippen LogP contribution < -0.4 is 5.32 Å². The van der Waals surface area contributed by atoms with Crippen molar-refractivity contribution in [2.45, 2.75) is 32.2 Å². The van der Waals surface area contributed by atoms with Gasteiger partial charge in [-0.15, -0.1) is 5.10 Å². The van der Waals surface area contributed by atoms with Crippen molar-refractivity contribution >= 4 is 22.6 Å². The summed E-state index contributed by atoms with van der Waals surface area (Å²) in [7, 11) is 1.66. The Bertz CT molecular complexity index is 1250. The molecule has 0 saturated heterocycles. The van der Waals surface area contributed by atoms with Gasteiger partial charge in [0, 0.05) is 31.3 Å². The fraction of sp³-hybridized carbons (Fsp3) is 0.429. The van der Waals surface area contributed by atoms with Crippen molar-refractivity contribution in [3.63, 3.8) is 0 Å². The molecule has 0 unspecified atom stereocenters. The van der Waals surface area contributed by atoms with Gasteiger partial charge in [-0.25, -0.2) is 28.2 Å². The molecule has 1 fully saturated rings. The number of pyridine rings is 1.